The van der Waals surface area contributed by atoms with Crippen LogP contribution in [0.2, 0.25) is 0 Å². The van der Waals surface area contributed by atoms with Crippen LogP contribution >= 0.6 is 0 Å². The second-order valence-electron chi connectivity index (χ2n) is 5.53. The lowest BCUT2D eigenvalue weighted by atomic mass is 10.1. The highest BCUT2D eigenvalue weighted by Gasteiger charge is 2.37. The zero-order valence-electron chi connectivity index (χ0n) is 12.8. The van der Waals surface area contributed by atoms with Gasteiger partial charge in [-0.05, 0) is 43.5 Å². The maximum Gasteiger partial charge on any atom is 0.305 e. The first kappa shape index (κ1) is 16.0. The van der Waals surface area contributed by atoms with Gasteiger partial charge in [0.15, 0.2) is 0 Å². The van der Waals surface area contributed by atoms with E-state index in [4.69, 9.17) is 5.11 Å². The first-order chi connectivity index (χ1) is 10.4. The number of hydrogen-bond acceptors (Lipinski definition) is 3. The average Bonchev–Trinajstić information content (AvgIpc) is 2.83. The fourth-order valence-electron chi connectivity index (χ4n) is 2.49. The molecule has 2 N–H and O–H groups in total. The molecule has 6 heteroatoms. The minimum atomic E-state index is -0.977. The largest absolute Gasteiger partial charge is 0.481 e. The minimum absolute atomic E-state index is 0.0432. The maximum absolute atomic E-state index is 12.4. The van der Waals surface area contributed by atoms with Crippen LogP contribution in [0.15, 0.2) is 18.2 Å². The fourth-order valence-corrected chi connectivity index (χ4v) is 2.49. The third kappa shape index (κ3) is 3.44. The molecule has 1 aliphatic heterocycles. The Morgan fingerprint density at radius 3 is 2.68 bits per heavy atom. The van der Waals surface area contributed by atoms with Crippen molar-refractivity contribution in [1.29, 1.82) is 0 Å². The van der Waals surface area contributed by atoms with Gasteiger partial charge in [0.1, 0.15) is 5.92 Å². The van der Waals surface area contributed by atoms with Crippen molar-refractivity contribution in [1.82, 2.24) is 5.32 Å². The third-order valence-corrected chi connectivity index (χ3v) is 3.96. The van der Waals surface area contributed by atoms with E-state index in [1.165, 1.54) is 0 Å². The number of carboxylic acids is 1. The number of amides is 2. The molecule has 2 rings (SSSR count). The zero-order chi connectivity index (χ0) is 16.3. The molecule has 1 aromatic rings. The minimum Gasteiger partial charge on any atom is -0.481 e. The number of benzene rings is 1. The van der Waals surface area contributed by atoms with Crippen molar-refractivity contribution < 1.29 is 19.5 Å². The molecule has 1 atom stereocenters. The van der Waals surface area contributed by atoms with E-state index in [1.807, 2.05) is 32.0 Å². The topological polar surface area (TPSA) is 86.7 Å². The molecule has 0 spiro atoms. The molecule has 0 unspecified atom stereocenters. The van der Waals surface area contributed by atoms with Crippen LogP contribution in [0.3, 0.4) is 0 Å². The van der Waals surface area contributed by atoms with Crippen LogP contribution in [0.1, 0.15) is 24.0 Å². The lowest BCUT2D eigenvalue weighted by Crippen LogP contribution is -2.37. The number of carboxylic acid groups (broad SMARTS) is 1. The number of aliphatic carboxylic acids is 1. The summed E-state index contributed by atoms with van der Waals surface area (Å²) < 4.78 is 0. The van der Waals surface area contributed by atoms with Crippen molar-refractivity contribution >= 4 is 23.5 Å². The van der Waals surface area contributed by atoms with Crippen molar-refractivity contribution in [2.45, 2.75) is 26.7 Å². The molecule has 0 bridgehead atoms. The molecule has 118 valence electrons. The summed E-state index contributed by atoms with van der Waals surface area (Å²) in [6.45, 7) is 4.53. The summed E-state index contributed by atoms with van der Waals surface area (Å²) in [4.78, 5) is 36.4. The van der Waals surface area contributed by atoms with Gasteiger partial charge in [-0.1, -0.05) is 6.07 Å². The van der Waals surface area contributed by atoms with E-state index in [1.54, 1.807) is 4.90 Å². The van der Waals surface area contributed by atoms with Crippen LogP contribution in [0.4, 0.5) is 5.69 Å². The van der Waals surface area contributed by atoms with Crippen molar-refractivity contribution in [2.24, 2.45) is 5.92 Å². The van der Waals surface area contributed by atoms with Crippen LogP contribution in [0.5, 0.6) is 0 Å². The number of carbonyl (C=O) groups excluding carboxylic acids is 2. The predicted octanol–water partition coefficient (Wildman–Crippen LogP) is 1.25. The third-order valence-electron chi connectivity index (χ3n) is 3.96. The Balaban J connectivity index is 2.01. The first-order valence-electron chi connectivity index (χ1n) is 7.28. The van der Waals surface area contributed by atoms with E-state index < -0.39 is 17.8 Å². The lowest BCUT2D eigenvalue weighted by Gasteiger charge is -2.18. The van der Waals surface area contributed by atoms with Gasteiger partial charge in [0.05, 0.1) is 6.42 Å². The molecule has 1 aliphatic rings. The summed E-state index contributed by atoms with van der Waals surface area (Å²) in [5.74, 6) is -2.32. The molecule has 1 saturated heterocycles. The Bertz CT molecular complexity index is 612. The lowest BCUT2D eigenvalue weighted by molar-refractivity contribution is -0.137. The van der Waals surface area contributed by atoms with Gasteiger partial charge in [0.25, 0.3) is 0 Å². The monoisotopic (exact) mass is 304 g/mol. The molecule has 0 saturated carbocycles. The maximum atomic E-state index is 12.4. The normalized spacial score (nSPS) is 17.6. The average molecular weight is 304 g/mol. The van der Waals surface area contributed by atoms with E-state index in [0.29, 0.717) is 13.0 Å². The number of aryl methyl sites for hydroxylation is 2. The molecule has 1 fully saturated rings. The Morgan fingerprint density at radius 1 is 1.32 bits per heavy atom. The van der Waals surface area contributed by atoms with Gasteiger partial charge in [-0.25, -0.2) is 0 Å². The summed E-state index contributed by atoms with van der Waals surface area (Å²) >= 11 is 0. The van der Waals surface area contributed by atoms with Crippen molar-refractivity contribution in [3.8, 4) is 0 Å². The SMILES string of the molecule is Cc1ccc(N2CC[C@@H](C(=O)NCCC(=O)O)C2=O)cc1C. The van der Waals surface area contributed by atoms with Gasteiger partial charge in [-0.3, -0.25) is 14.4 Å². The van der Waals surface area contributed by atoms with Crippen LogP contribution in [0, 0.1) is 19.8 Å². The van der Waals surface area contributed by atoms with Crippen LogP contribution in [-0.4, -0.2) is 36.0 Å². The van der Waals surface area contributed by atoms with Gasteiger partial charge >= 0.3 is 5.97 Å². The number of hydrogen-bond donors (Lipinski definition) is 2. The highest BCUT2D eigenvalue weighted by atomic mass is 16.4. The van der Waals surface area contributed by atoms with Gasteiger partial charge in [0.2, 0.25) is 11.8 Å². The Hall–Kier alpha value is -2.37. The quantitative estimate of drug-likeness (QED) is 0.802. The molecule has 0 aliphatic carbocycles. The van der Waals surface area contributed by atoms with Gasteiger partial charge < -0.3 is 15.3 Å². The second kappa shape index (κ2) is 6.60. The van der Waals surface area contributed by atoms with Gasteiger partial charge in [-0.2, -0.15) is 0 Å². The van der Waals surface area contributed by atoms with Crippen molar-refractivity contribution in [3.05, 3.63) is 29.3 Å². The van der Waals surface area contributed by atoms with Crippen molar-refractivity contribution in [3.63, 3.8) is 0 Å². The van der Waals surface area contributed by atoms with Gasteiger partial charge in [-0.15, -0.1) is 0 Å². The molecule has 22 heavy (non-hydrogen) atoms. The highest BCUT2D eigenvalue weighted by Crippen LogP contribution is 2.27. The predicted molar refractivity (Wildman–Crippen MR) is 81.6 cm³/mol. The number of anilines is 1. The van der Waals surface area contributed by atoms with Crippen molar-refractivity contribution in [2.75, 3.05) is 18.0 Å². The summed E-state index contributed by atoms with van der Waals surface area (Å²) in [5.41, 5.74) is 3.05. The molecule has 0 aromatic heterocycles. The summed E-state index contributed by atoms with van der Waals surface area (Å²) in [5, 5.41) is 11.1. The Kier molecular flexibility index (Phi) is 4.80. The number of nitrogens with zero attached hydrogens (tertiary/aromatic N) is 1. The number of rotatable bonds is 5. The number of nitrogens with one attached hydrogen (secondary N) is 1. The van der Waals surface area contributed by atoms with Crippen LogP contribution < -0.4 is 10.2 Å². The van der Waals surface area contributed by atoms with E-state index >= 15 is 0 Å². The van der Waals surface area contributed by atoms with Crippen LogP contribution in [-0.2, 0) is 14.4 Å². The van der Waals surface area contributed by atoms with E-state index in [9.17, 15) is 14.4 Å². The number of carbonyl (C=O) groups is 3. The second-order valence-corrected chi connectivity index (χ2v) is 5.53. The van der Waals surface area contributed by atoms with E-state index in [-0.39, 0.29) is 18.9 Å². The smallest absolute Gasteiger partial charge is 0.305 e. The molecular weight excluding hydrogens is 284 g/mol. The first-order valence-corrected chi connectivity index (χ1v) is 7.28. The summed E-state index contributed by atoms with van der Waals surface area (Å²) in [6.07, 6.45) is 0.304. The molecule has 0 radical (unpaired) electrons. The Labute approximate surface area is 129 Å². The molecule has 2 amide bonds. The Morgan fingerprint density at radius 2 is 2.05 bits per heavy atom. The standard InChI is InChI=1S/C16H20N2O4/c1-10-3-4-12(9-11(10)2)18-8-6-13(16(18)22)15(21)17-7-5-14(19)20/h3-4,9,13H,5-8H2,1-2H3,(H,17,21)(H,19,20)/t13-/m0/s1. The van der Waals surface area contributed by atoms with Gasteiger partial charge in [0, 0.05) is 18.8 Å². The molecule has 1 heterocycles. The zero-order valence-corrected chi connectivity index (χ0v) is 12.8. The highest BCUT2D eigenvalue weighted by molar-refractivity contribution is 6.09. The van der Waals surface area contributed by atoms with E-state index in [0.717, 1.165) is 16.8 Å². The fraction of sp³-hybridized carbons (Fsp3) is 0.438. The summed E-state index contributed by atoms with van der Waals surface area (Å²) in [7, 11) is 0. The molecular formula is C16H20N2O4. The molecule has 6 nitrogen and oxygen atoms in total. The van der Waals surface area contributed by atoms with E-state index in [2.05, 4.69) is 5.32 Å². The summed E-state index contributed by atoms with van der Waals surface area (Å²) in [6, 6.07) is 5.78. The molecule has 1 aromatic carbocycles. The van der Waals surface area contributed by atoms with Crippen LogP contribution in [0.25, 0.3) is 0 Å².